The average Bonchev–Trinajstić information content (AvgIpc) is 2.82. The predicted octanol–water partition coefficient (Wildman–Crippen LogP) is 3.27. The summed E-state index contributed by atoms with van der Waals surface area (Å²) in [7, 11) is 0. The summed E-state index contributed by atoms with van der Waals surface area (Å²) in [4.78, 5) is 15.2. The third kappa shape index (κ3) is 1.70. The summed E-state index contributed by atoms with van der Waals surface area (Å²) >= 11 is 0. The van der Waals surface area contributed by atoms with Gasteiger partial charge in [-0.25, -0.2) is 0 Å². The normalized spacial score (nSPS) is 19.9. The van der Waals surface area contributed by atoms with Gasteiger partial charge in [0.25, 0.3) is 0 Å². The van der Waals surface area contributed by atoms with Crippen LogP contribution in [0.4, 0.5) is 0 Å². The van der Waals surface area contributed by atoms with Gasteiger partial charge in [0.15, 0.2) is 0 Å². The highest BCUT2D eigenvalue weighted by Crippen LogP contribution is 2.34. The number of Topliss-reactive ketones (excluding diaryl/α,β-unsaturated/α-hetero) is 1. The first-order valence-electron chi connectivity index (χ1n) is 6.33. The molecule has 1 aliphatic carbocycles. The summed E-state index contributed by atoms with van der Waals surface area (Å²) in [6.07, 6.45) is 5.68. The first-order chi connectivity index (χ1) is 8.79. The van der Waals surface area contributed by atoms with E-state index in [4.69, 9.17) is 5.26 Å². The van der Waals surface area contributed by atoms with Crippen molar-refractivity contribution >= 4 is 16.7 Å². The first kappa shape index (κ1) is 11.0. The SMILES string of the molecule is N#Cc1ccc2[nH]cc(C3CCCCC3=O)c2c1. The molecule has 0 amide bonds. The molecule has 0 radical (unpaired) electrons. The number of carbonyl (C=O) groups excluding carboxylic acids is 1. The van der Waals surface area contributed by atoms with E-state index in [1.54, 1.807) is 6.07 Å². The van der Waals surface area contributed by atoms with Crippen LogP contribution in [0.15, 0.2) is 24.4 Å². The topological polar surface area (TPSA) is 56.6 Å². The Balaban J connectivity index is 2.11. The monoisotopic (exact) mass is 238 g/mol. The van der Waals surface area contributed by atoms with Crippen molar-refractivity contribution in [1.29, 1.82) is 5.26 Å². The van der Waals surface area contributed by atoms with Crippen LogP contribution in [0.25, 0.3) is 10.9 Å². The predicted molar refractivity (Wildman–Crippen MR) is 69.2 cm³/mol. The number of aromatic nitrogens is 1. The van der Waals surface area contributed by atoms with Crippen LogP contribution in [-0.2, 0) is 4.79 Å². The van der Waals surface area contributed by atoms with Crippen LogP contribution in [0.5, 0.6) is 0 Å². The second-order valence-electron chi connectivity index (χ2n) is 4.88. The first-order valence-corrected chi connectivity index (χ1v) is 6.33. The summed E-state index contributed by atoms with van der Waals surface area (Å²) in [6, 6.07) is 7.73. The van der Waals surface area contributed by atoms with E-state index >= 15 is 0 Å². The van der Waals surface area contributed by atoms with E-state index in [2.05, 4.69) is 11.1 Å². The Morgan fingerprint density at radius 1 is 1.33 bits per heavy atom. The van der Waals surface area contributed by atoms with Crippen LogP contribution >= 0.6 is 0 Å². The van der Waals surface area contributed by atoms with Crippen LogP contribution in [0.3, 0.4) is 0 Å². The lowest BCUT2D eigenvalue weighted by molar-refractivity contribution is -0.121. The number of nitrogens with one attached hydrogen (secondary N) is 1. The Hall–Kier alpha value is -2.08. The molecule has 3 rings (SSSR count). The fourth-order valence-corrected chi connectivity index (χ4v) is 2.81. The second-order valence-corrected chi connectivity index (χ2v) is 4.88. The van der Waals surface area contributed by atoms with E-state index in [-0.39, 0.29) is 5.92 Å². The minimum absolute atomic E-state index is 0.0152. The van der Waals surface area contributed by atoms with Crippen molar-refractivity contribution in [2.24, 2.45) is 0 Å². The molecule has 1 fully saturated rings. The van der Waals surface area contributed by atoms with E-state index in [9.17, 15) is 4.79 Å². The minimum atomic E-state index is 0.0152. The molecule has 0 spiro atoms. The number of ketones is 1. The fourth-order valence-electron chi connectivity index (χ4n) is 2.81. The maximum atomic E-state index is 12.0. The Bertz CT molecular complexity index is 648. The fraction of sp³-hybridized carbons (Fsp3) is 0.333. The molecule has 0 saturated heterocycles. The van der Waals surface area contributed by atoms with Gasteiger partial charge < -0.3 is 4.98 Å². The summed E-state index contributed by atoms with van der Waals surface area (Å²) in [5, 5.41) is 9.98. The van der Waals surface area contributed by atoms with Gasteiger partial charge in [-0.1, -0.05) is 6.42 Å². The molecule has 1 aromatic carbocycles. The van der Waals surface area contributed by atoms with Crippen LogP contribution in [0, 0.1) is 11.3 Å². The summed E-state index contributed by atoms with van der Waals surface area (Å²) in [5.74, 6) is 0.353. The van der Waals surface area contributed by atoms with E-state index in [1.165, 1.54) is 0 Å². The molecule has 1 atom stereocenters. The van der Waals surface area contributed by atoms with Crippen molar-refractivity contribution in [2.75, 3.05) is 0 Å². The van der Waals surface area contributed by atoms with E-state index in [0.29, 0.717) is 17.8 Å². The number of fused-ring (bicyclic) bond motifs is 1. The molecule has 3 heteroatoms. The zero-order valence-corrected chi connectivity index (χ0v) is 10.1. The zero-order chi connectivity index (χ0) is 12.5. The van der Waals surface area contributed by atoms with Gasteiger partial charge in [0.2, 0.25) is 0 Å². The molecule has 1 unspecified atom stereocenters. The number of hydrogen-bond donors (Lipinski definition) is 1. The minimum Gasteiger partial charge on any atom is -0.361 e. The van der Waals surface area contributed by atoms with Gasteiger partial charge in [-0.15, -0.1) is 0 Å². The quantitative estimate of drug-likeness (QED) is 0.829. The maximum absolute atomic E-state index is 12.0. The number of aromatic amines is 1. The van der Waals surface area contributed by atoms with Crippen molar-refractivity contribution in [3.63, 3.8) is 0 Å². The number of hydrogen-bond acceptors (Lipinski definition) is 2. The number of nitrogens with zero attached hydrogens (tertiary/aromatic N) is 1. The Labute approximate surface area is 105 Å². The third-order valence-electron chi connectivity index (χ3n) is 3.77. The van der Waals surface area contributed by atoms with Crippen LogP contribution < -0.4 is 0 Å². The van der Waals surface area contributed by atoms with Crippen molar-refractivity contribution in [3.8, 4) is 6.07 Å². The molecule has 1 heterocycles. The molecular weight excluding hydrogens is 224 g/mol. The van der Waals surface area contributed by atoms with Crippen LogP contribution in [0.2, 0.25) is 0 Å². The highest BCUT2D eigenvalue weighted by atomic mass is 16.1. The standard InChI is InChI=1S/C15H14N2O/c16-8-10-5-6-14-12(7-10)13(9-17-14)11-3-1-2-4-15(11)18/h5-7,9,11,17H,1-4H2. The van der Waals surface area contributed by atoms with Gasteiger partial charge in [-0.05, 0) is 36.6 Å². The van der Waals surface area contributed by atoms with Crippen molar-refractivity contribution in [3.05, 3.63) is 35.5 Å². The number of H-pyrrole nitrogens is 1. The molecule has 1 aliphatic rings. The Morgan fingerprint density at radius 2 is 2.22 bits per heavy atom. The van der Waals surface area contributed by atoms with Crippen LogP contribution in [-0.4, -0.2) is 10.8 Å². The lowest BCUT2D eigenvalue weighted by atomic mass is 9.83. The van der Waals surface area contributed by atoms with Gasteiger partial charge in [-0.3, -0.25) is 4.79 Å². The number of benzene rings is 1. The lowest BCUT2D eigenvalue weighted by Gasteiger charge is -2.19. The lowest BCUT2D eigenvalue weighted by Crippen LogP contribution is -2.16. The molecule has 3 nitrogen and oxygen atoms in total. The van der Waals surface area contributed by atoms with Crippen LogP contribution in [0.1, 0.15) is 42.7 Å². The number of rotatable bonds is 1. The van der Waals surface area contributed by atoms with E-state index in [1.807, 2.05) is 18.3 Å². The average molecular weight is 238 g/mol. The molecule has 2 aromatic rings. The molecule has 1 saturated carbocycles. The molecule has 1 N–H and O–H groups in total. The summed E-state index contributed by atoms with van der Waals surface area (Å²) in [5.41, 5.74) is 2.71. The van der Waals surface area contributed by atoms with Gasteiger partial charge >= 0.3 is 0 Å². The maximum Gasteiger partial charge on any atom is 0.140 e. The zero-order valence-electron chi connectivity index (χ0n) is 10.1. The molecule has 0 bridgehead atoms. The number of nitriles is 1. The summed E-state index contributed by atoms with van der Waals surface area (Å²) < 4.78 is 0. The van der Waals surface area contributed by atoms with Gasteiger partial charge in [-0.2, -0.15) is 5.26 Å². The van der Waals surface area contributed by atoms with E-state index in [0.717, 1.165) is 35.7 Å². The van der Waals surface area contributed by atoms with Gasteiger partial charge in [0, 0.05) is 29.4 Å². The second kappa shape index (κ2) is 4.30. The van der Waals surface area contributed by atoms with Crippen molar-refractivity contribution < 1.29 is 4.79 Å². The summed E-state index contributed by atoms with van der Waals surface area (Å²) in [6.45, 7) is 0. The van der Waals surface area contributed by atoms with Crippen molar-refractivity contribution in [1.82, 2.24) is 4.98 Å². The smallest absolute Gasteiger partial charge is 0.140 e. The Kier molecular flexibility index (Phi) is 2.64. The van der Waals surface area contributed by atoms with Gasteiger partial charge in [0.05, 0.1) is 11.6 Å². The molecule has 90 valence electrons. The van der Waals surface area contributed by atoms with E-state index < -0.39 is 0 Å². The highest BCUT2D eigenvalue weighted by molar-refractivity contribution is 5.93. The Morgan fingerprint density at radius 3 is 3.00 bits per heavy atom. The highest BCUT2D eigenvalue weighted by Gasteiger charge is 2.25. The van der Waals surface area contributed by atoms with Crippen molar-refractivity contribution in [2.45, 2.75) is 31.6 Å². The molecular formula is C15H14N2O. The molecule has 0 aliphatic heterocycles. The molecule has 18 heavy (non-hydrogen) atoms. The third-order valence-corrected chi connectivity index (χ3v) is 3.77. The van der Waals surface area contributed by atoms with Gasteiger partial charge in [0.1, 0.15) is 5.78 Å². The molecule has 1 aromatic heterocycles. The number of carbonyl (C=O) groups is 1. The largest absolute Gasteiger partial charge is 0.361 e.